The van der Waals surface area contributed by atoms with Gasteiger partial charge in [0.05, 0.1) is 5.02 Å². The van der Waals surface area contributed by atoms with Crippen molar-refractivity contribution in [1.82, 2.24) is 4.90 Å². The smallest absolute Gasteiger partial charge is 0.258 e. The first-order valence-corrected chi connectivity index (χ1v) is 5.26. The molecule has 1 N–H and O–H groups in total. The summed E-state index contributed by atoms with van der Waals surface area (Å²) in [6.07, 6.45) is 0.296. The van der Waals surface area contributed by atoms with Crippen LogP contribution < -0.4 is 0 Å². The Morgan fingerprint density at radius 2 is 2.25 bits per heavy atom. The number of nitrogens with zero attached hydrogens (tertiary/aromatic N) is 1. The third kappa shape index (κ3) is 1.58. The molecule has 0 aromatic heterocycles. The molecular weight excluding hydrogens is 233 g/mol. The van der Waals surface area contributed by atoms with Gasteiger partial charge in [-0.25, -0.2) is 4.39 Å². The number of likely N-dealkylation sites (tertiary alicyclic amines) is 1. The minimum absolute atomic E-state index is 0.0896. The fraction of sp³-hybridized carbons (Fsp3) is 0.364. The second-order valence-corrected chi connectivity index (χ2v) is 4.37. The van der Waals surface area contributed by atoms with Crippen LogP contribution in [0.5, 0.6) is 0 Å². The van der Waals surface area contributed by atoms with Gasteiger partial charge in [0.1, 0.15) is 5.82 Å². The third-order valence-corrected chi connectivity index (χ3v) is 3.20. The summed E-state index contributed by atoms with van der Waals surface area (Å²) in [4.78, 5) is 13.2. The topological polar surface area (TPSA) is 40.5 Å². The maximum absolute atomic E-state index is 13.0. The maximum atomic E-state index is 13.0. The van der Waals surface area contributed by atoms with Crippen molar-refractivity contribution in [3.8, 4) is 0 Å². The Labute approximate surface area is 97.4 Å². The van der Waals surface area contributed by atoms with Crippen LogP contribution in [0.15, 0.2) is 18.2 Å². The van der Waals surface area contributed by atoms with E-state index in [9.17, 15) is 14.3 Å². The molecule has 1 atom stereocenters. The van der Waals surface area contributed by atoms with E-state index in [1.54, 1.807) is 7.05 Å². The van der Waals surface area contributed by atoms with Gasteiger partial charge >= 0.3 is 0 Å². The molecule has 1 fully saturated rings. The van der Waals surface area contributed by atoms with Crippen LogP contribution in [0.1, 0.15) is 12.0 Å². The first kappa shape index (κ1) is 11.4. The van der Waals surface area contributed by atoms with Crippen LogP contribution in [0.4, 0.5) is 4.39 Å². The summed E-state index contributed by atoms with van der Waals surface area (Å²) in [6, 6.07) is 3.84. The quantitative estimate of drug-likeness (QED) is 0.813. The van der Waals surface area contributed by atoms with Gasteiger partial charge in [-0.2, -0.15) is 0 Å². The third-order valence-electron chi connectivity index (χ3n) is 2.91. The van der Waals surface area contributed by atoms with E-state index >= 15 is 0 Å². The predicted molar refractivity (Wildman–Crippen MR) is 57.6 cm³/mol. The molecule has 1 aromatic carbocycles. The molecule has 5 heteroatoms. The lowest BCUT2D eigenvalue weighted by molar-refractivity contribution is -0.143. The SMILES string of the molecule is CN1CCC(O)(c2ccc(F)c(Cl)c2)C1=O. The number of benzene rings is 1. The highest BCUT2D eigenvalue weighted by Crippen LogP contribution is 2.34. The van der Waals surface area contributed by atoms with Crippen molar-refractivity contribution in [3.63, 3.8) is 0 Å². The van der Waals surface area contributed by atoms with E-state index in [1.165, 1.54) is 17.0 Å². The number of hydrogen-bond donors (Lipinski definition) is 1. The molecule has 16 heavy (non-hydrogen) atoms. The van der Waals surface area contributed by atoms with E-state index in [0.29, 0.717) is 18.5 Å². The Kier molecular flexibility index (Phi) is 2.64. The molecule has 1 amide bonds. The van der Waals surface area contributed by atoms with Crippen molar-refractivity contribution in [2.75, 3.05) is 13.6 Å². The van der Waals surface area contributed by atoms with Gasteiger partial charge < -0.3 is 10.0 Å². The average molecular weight is 244 g/mol. The second kappa shape index (κ2) is 3.71. The van der Waals surface area contributed by atoms with Crippen LogP contribution >= 0.6 is 11.6 Å². The van der Waals surface area contributed by atoms with Crippen molar-refractivity contribution in [2.45, 2.75) is 12.0 Å². The average Bonchev–Trinajstić information content (AvgIpc) is 2.52. The Bertz CT molecular complexity index is 452. The van der Waals surface area contributed by atoms with Gasteiger partial charge in [-0.15, -0.1) is 0 Å². The van der Waals surface area contributed by atoms with Crippen LogP contribution in [0.3, 0.4) is 0 Å². The van der Waals surface area contributed by atoms with E-state index in [1.807, 2.05) is 0 Å². The molecule has 1 heterocycles. The number of hydrogen-bond acceptors (Lipinski definition) is 2. The normalized spacial score (nSPS) is 25.2. The lowest BCUT2D eigenvalue weighted by Crippen LogP contribution is -2.36. The summed E-state index contributed by atoms with van der Waals surface area (Å²) in [5, 5.41) is 10.2. The number of halogens is 2. The summed E-state index contributed by atoms with van der Waals surface area (Å²) in [6.45, 7) is 0.477. The zero-order chi connectivity index (χ0) is 11.9. The van der Waals surface area contributed by atoms with Gasteiger partial charge in [0.15, 0.2) is 5.60 Å². The van der Waals surface area contributed by atoms with Crippen LogP contribution in [0.2, 0.25) is 5.02 Å². The van der Waals surface area contributed by atoms with Gasteiger partial charge in [0.25, 0.3) is 5.91 Å². The largest absolute Gasteiger partial charge is 0.375 e. The highest BCUT2D eigenvalue weighted by Gasteiger charge is 2.45. The van der Waals surface area contributed by atoms with E-state index in [2.05, 4.69) is 0 Å². The molecule has 1 aliphatic rings. The molecule has 2 rings (SSSR count). The second-order valence-electron chi connectivity index (χ2n) is 3.97. The van der Waals surface area contributed by atoms with Gasteiger partial charge in [0.2, 0.25) is 0 Å². The molecule has 3 nitrogen and oxygen atoms in total. The summed E-state index contributed by atoms with van der Waals surface area (Å²) >= 11 is 5.63. The lowest BCUT2D eigenvalue weighted by Gasteiger charge is -2.21. The Hall–Kier alpha value is -1.13. The van der Waals surface area contributed by atoms with Crippen LogP contribution in [0, 0.1) is 5.82 Å². The van der Waals surface area contributed by atoms with Crippen molar-refractivity contribution < 1.29 is 14.3 Å². The highest BCUT2D eigenvalue weighted by atomic mass is 35.5. The van der Waals surface area contributed by atoms with Crippen molar-refractivity contribution in [2.24, 2.45) is 0 Å². The minimum atomic E-state index is -1.56. The summed E-state index contributed by atoms with van der Waals surface area (Å²) in [5.74, 6) is -0.942. The molecule has 0 aliphatic carbocycles. The van der Waals surface area contributed by atoms with Crippen LogP contribution in [-0.2, 0) is 10.4 Å². The summed E-state index contributed by atoms with van der Waals surface area (Å²) < 4.78 is 13.0. The number of likely N-dealkylation sites (N-methyl/N-ethyl adjacent to an activating group) is 1. The fourth-order valence-corrected chi connectivity index (χ4v) is 2.06. The number of aliphatic hydroxyl groups is 1. The maximum Gasteiger partial charge on any atom is 0.258 e. The lowest BCUT2D eigenvalue weighted by atomic mass is 9.92. The molecule has 1 unspecified atom stereocenters. The minimum Gasteiger partial charge on any atom is -0.375 e. The molecule has 0 saturated carbocycles. The standard InChI is InChI=1S/C11H11ClFNO2/c1-14-5-4-11(16,10(14)15)7-2-3-9(13)8(12)6-7/h2-3,6,16H,4-5H2,1H3. The van der Waals surface area contributed by atoms with Crippen molar-refractivity contribution >= 4 is 17.5 Å². The summed E-state index contributed by atoms with van der Waals surface area (Å²) in [7, 11) is 1.62. The fourth-order valence-electron chi connectivity index (χ4n) is 1.87. The summed E-state index contributed by atoms with van der Waals surface area (Å²) in [5.41, 5.74) is -1.22. The van der Waals surface area contributed by atoms with Crippen LogP contribution in [0.25, 0.3) is 0 Å². The number of rotatable bonds is 1. The Balaban J connectivity index is 2.44. The van der Waals surface area contributed by atoms with E-state index in [-0.39, 0.29) is 10.9 Å². The van der Waals surface area contributed by atoms with Gasteiger partial charge in [-0.05, 0) is 17.7 Å². The first-order valence-electron chi connectivity index (χ1n) is 4.88. The molecule has 0 spiro atoms. The van der Waals surface area contributed by atoms with Crippen molar-refractivity contribution in [3.05, 3.63) is 34.6 Å². The molecule has 1 aromatic rings. The monoisotopic (exact) mass is 243 g/mol. The number of carbonyl (C=O) groups excluding carboxylic acids is 1. The number of amides is 1. The van der Waals surface area contributed by atoms with E-state index in [0.717, 1.165) is 6.07 Å². The van der Waals surface area contributed by atoms with Gasteiger partial charge in [0, 0.05) is 20.0 Å². The van der Waals surface area contributed by atoms with Crippen molar-refractivity contribution in [1.29, 1.82) is 0 Å². The zero-order valence-corrected chi connectivity index (χ0v) is 9.46. The van der Waals surface area contributed by atoms with Crippen LogP contribution in [-0.4, -0.2) is 29.5 Å². The Morgan fingerprint density at radius 1 is 1.56 bits per heavy atom. The predicted octanol–water partition coefficient (Wildman–Crippen LogP) is 1.53. The zero-order valence-electron chi connectivity index (χ0n) is 8.70. The highest BCUT2D eigenvalue weighted by molar-refractivity contribution is 6.30. The van der Waals surface area contributed by atoms with Gasteiger partial charge in [-0.1, -0.05) is 17.7 Å². The van der Waals surface area contributed by atoms with E-state index in [4.69, 9.17) is 11.6 Å². The van der Waals surface area contributed by atoms with Gasteiger partial charge in [-0.3, -0.25) is 4.79 Å². The molecule has 1 aliphatic heterocycles. The first-order chi connectivity index (χ1) is 7.45. The molecule has 0 radical (unpaired) electrons. The molecule has 0 bridgehead atoms. The molecule has 1 saturated heterocycles. The van der Waals surface area contributed by atoms with E-state index < -0.39 is 11.4 Å². The molecular formula is C11H11ClFNO2. The number of carbonyl (C=O) groups is 1. The Morgan fingerprint density at radius 3 is 2.75 bits per heavy atom. The molecule has 86 valence electrons.